The molecule has 0 bridgehead atoms. The Morgan fingerprint density at radius 1 is 0.968 bits per heavy atom. The van der Waals surface area contributed by atoms with Crippen molar-refractivity contribution in [2.24, 2.45) is 20.0 Å². The van der Waals surface area contributed by atoms with Crippen LogP contribution in [0.1, 0.15) is 78.3 Å². The van der Waals surface area contributed by atoms with E-state index in [1.165, 1.54) is 11.6 Å². The second-order valence-corrected chi connectivity index (χ2v) is 15.9. The number of nitrogens with zero attached hydrogens (tertiary/aromatic N) is 8. The van der Waals surface area contributed by atoms with Crippen LogP contribution in [0.5, 0.6) is 5.75 Å². The highest BCUT2D eigenvalue weighted by atomic mass is 16.5. The van der Waals surface area contributed by atoms with E-state index in [9.17, 15) is 24.0 Å². The highest BCUT2D eigenvalue weighted by Gasteiger charge is 2.33. The van der Waals surface area contributed by atoms with Gasteiger partial charge in [0.05, 0.1) is 28.2 Å². The lowest BCUT2D eigenvalue weighted by atomic mass is 9.92. The van der Waals surface area contributed by atoms with Crippen LogP contribution in [0, 0.1) is 5.92 Å². The van der Waals surface area contributed by atoms with Gasteiger partial charge in [-0.1, -0.05) is 32.9 Å². The molecule has 0 spiro atoms. The molecule has 3 saturated heterocycles. The molecule has 3 N–H and O–H groups in total. The van der Waals surface area contributed by atoms with Gasteiger partial charge < -0.3 is 29.7 Å². The van der Waals surface area contributed by atoms with Crippen molar-refractivity contribution in [3.63, 3.8) is 0 Å². The Balaban J connectivity index is 0.00000182. The molecule has 0 radical (unpaired) electrons. The first-order valence-corrected chi connectivity index (χ1v) is 21.7. The Morgan fingerprint density at radius 3 is 2.44 bits per heavy atom. The van der Waals surface area contributed by atoms with Gasteiger partial charge in [-0.2, -0.15) is 10.1 Å². The topological polar surface area (TPSA) is 189 Å². The zero-order valence-electron chi connectivity index (χ0n) is 36.5. The highest BCUT2D eigenvalue weighted by Crippen LogP contribution is 2.33. The molecule has 62 heavy (non-hydrogen) atoms. The van der Waals surface area contributed by atoms with Crippen LogP contribution in [-0.4, -0.2) is 117 Å². The molecule has 3 aliphatic heterocycles. The van der Waals surface area contributed by atoms with Crippen molar-refractivity contribution < 1.29 is 28.2 Å². The Labute approximate surface area is 365 Å². The zero-order chi connectivity index (χ0) is 44.1. The molecule has 0 aliphatic carbocycles. The molecule has 3 aromatic heterocycles. The van der Waals surface area contributed by atoms with Gasteiger partial charge in [-0.15, -0.1) is 0 Å². The van der Waals surface area contributed by atoms with Gasteiger partial charge in [0.15, 0.2) is 12.4 Å². The van der Waals surface area contributed by atoms with E-state index < -0.39 is 5.92 Å². The number of aryl methyl sites for hydroxylation is 3. The number of carbonyl (C=O) groups is 4. The van der Waals surface area contributed by atoms with Crippen LogP contribution in [-0.2, 0) is 34.9 Å². The molecule has 3 fully saturated rings. The summed E-state index contributed by atoms with van der Waals surface area (Å²) in [6, 6.07) is 13.0. The van der Waals surface area contributed by atoms with Crippen LogP contribution in [0.15, 0.2) is 53.5 Å². The number of hydrogen-bond acceptors (Lipinski definition) is 12. The Kier molecular flexibility index (Phi) is 13.5. The number of benzene rings is 2. The fraction of sp³-hybridized carbons (Fsp3) is 0.467. The van der Waals surface area contributed by atoms with E-state index in [4.69, 9.17) is 14.7 Å². The Bertz CT molecular complexity index is 2550. The molecule has 334 valence electrons. The SMILES string of the molecule is CC.CCc1cnc(N2CCC(CN3CCN(C(=O)c4cccc5c(C6CCC(=O)NC6=O)nn(C)c45)CC3)CC2)nc1Nc1ccc2c(c1)cc(OCC(=O)NC)c(=O)n2C.[HH].[HH].[HH]. The first-order chi connectivity index (χ1) is 30.0. The normalized spacial score (nSPS) is 17.4. The number of hydrogen-bond donors (Lipinski definition) is 3. The molecule has 17 heteroatoms. The third kappa shape index (κ3) is 9.12. The molecule has 8 rings (SSSR count). The number of pyridine rings is 1. The van der Waals surface area contributed by atoms with Gasteiger partial charge in [0.1, 0.15) is 5.82 Å². The Morgan fingerprint density at radius 2 is 1.73 bits per heavy atom. The summed E-state index contributed by atoms with van der Waals surface area (Å²) in [5.41, 5.74) is 4.07. The van der Waals surface area contributed by atoms with E-state index in [1.807, 2.05) is 61.3 Å². The van der Waals surface area contributed by atoms with Crippen molar-refractivity contribution in [1.29, 1.82) is 0 Å². The van der Waals surface area contributed by atoms with Gasteiger partial charge in [0.25, 0.3) is 17.4 Å². The summed E-state index contributed by atoms with van der Waals surface area (Å²) in [6.45, 7) is 11.3. The molecule has 2 aromatic carbocycles. The minimum atomic E-state index is -0.530. The largest absolute Gasteiger partial charge is 0.478 e. The maximum atomic E-state index is 13.9. The van der Waals surface area contributed by atoms with Gasteiger partial charge in [0.2, 0.25) is 17.8 Å². The number of anilines is 3. The third-order valence-electron chi connectivity index (χ3n) is 12.1. The standard InChI is InChI=1S/C43H51N11O6.C2H6.3H2/c1-5-27-23-45-43(48-39(27)46-29-9-11-33-28(21-29)22-34(42(59)50(33)3)60-25-36(56)44-2)54-15-13-26(14-16-54)24-52-17-19-53(20-18-52)41(58)32-8-6-7-30-37(49-51(4)38(30)32)31-10-12-35(55)47-40(31)57;1-2;;;/h6-9,11,21-23,26,31H,5,10,12-20,24-25H2,1-4H3,(H,44,56)(H,45,46,48)(H,47,55,57);1-2H3;3*1H. The van der Waals surface area contributed by atoms with Crippen molar-refractivity contribution in [3.8, 4) is 5.75 Å². The van der Waals surface area contributed by atoms with Gasteiger partial charge in [-0.05, 0) is 61.9 Å². The predicted octanol–water partition coefficient (Wildman–Crippen LogP) is 4.60. The van der Waals surface area contributed by atoms with E-state index in [-0.39, 0.29) is 52.2 Å². The number of carbonyl (C=O) groups excluding carboxylic acids is 4. The zero-order valence-corrected chi connectivity index (χ0v) is 36.5. The summed E-state index contributed by atoms with van der Waals surface area (Å²) in [6.07, 6.45) is 5.31. The van der Waals surface area contributed by atoms with E-state index in [0.717, 1.165) is 85.3 Å². The van der Waals surface area contributed by atoms with E-state index in [2.05, 4.69) is 37.8 Å². The molecule has 4 amide bonds. The minimum absolute atomic E-state index is 0. The van der Waals surface area contributed by atoms with Crippen molar-refractivity contribution in [1.82, 2.24) is 44.7 Å². The number of imide groups is 1. The average molecular weight is 854 g/mol. The quantitative estimate of drug-likeness (QED) is 0.157. The van der Waals surface area contributed by atoms with Gasteiger partial charge in [-0.3, -0.25) is 38.9 Å². The maximum Gasteiger partial charge on any atom is 0.293 e. The van der Waals surface area contributed by atoms with Gasteiger partial charge in [-0.25, -0.2) is 4.98 Å². The monoisotopic (exact) mass is 853 g/mol. The summed E-state index contributed by atoms with van der Waals surface area (Å²) >= 11 is 0. The van der Waals surface area contributed by atoms with E-state index in [1.54, 1.807) is 24.8 Å². The Hall–Kier alpha value is -6.36. The first-order valence-electron chi connectivity index (χ1n) is 21.7. The number of nitrogens with one attached hydrogen (secondary N) is 3. The summed E-state index contributed by atoms with van der Waals surface area (Å²) in [7, 11) is 4.99. The predicted molar refractivity (Wildman–Crippen MR) is 244 cm³/mol. The second-order valence-electron chi connectivity index (χ2n) is 15.9. The van der Waals surface area contributed by atoms with Crippen molar-refractivity contribution in [2.45, 2.75) is 58.8 Å². The van der Waals surface area contributed by atoms with Crippen LogP contribution < -0.4 is 31.1 Å². The van der Waals surface area contributed by atoms with Crippen LogP contribution in [0.25, 0.3) is 21.8 Å². The van der Waals surface area contributed by atoms with E-state index >= 15 is 0 Å². The molecule has 5 aromatic rings. The maximum absolute atomic E-state index is 13.9. The van der Waals surface area contributed by atoms with E-state index in [0.29, 0.717) is 48.2 Å². The molecule has 1 unspecified atom stereocenters. The lowest BCUT2D eigenvalue weighted by Gasteiger charge is -2.39. The number of likely N-dealkylation sites (N-methyl/N-ethyl adjacent to an activating group) is 1. The summed E-state index contributed by atoms with van der Waals surface area (Å²) < 4.78 is 8.74. The molecule has 0 saturated carbocycles. The van der Waals surface area contributed by atoms with Crippen molar-refractivity contribution >= 4 is 62.9 Å². The number of piperidine rings is 2. The van der Waals surface area contributed by atoms with Gasteiger partial charge in [0, 0.05) is 106 Å². The number of rotatable bonds is 11. The average Bonchev–Trinajstić information content (AvgIpc) is 3.63. The fourth-order valence-electron chi connectivity index (χ4n) is 8.64. The number of fused-ring (bicyclic) bond motifs is 2. The molecule has 17 nitrogen and oxygen atoms in total. The fourth-order valence-corrected chi connectivity index (χ4v) is 8.64. The molecule has 3 aliphatic rings. The van der Waals surface area contributed by atoms with Crippen LogP contribution >= 0.6 is 0 Å². The minimum Gasteiger partial charge on any atom is -0.478 e. The molecular weight excluding hydrogens is 791 g/mol. The summed E-state index contributed by atoms with van der Waals surface area (Å²) in [4.78, 5) is 79.3. The summed E-state index contributed by atoms with van der Waals surface area (Å²) in [5.74, 6) is 0.521. The molecule has 1 atom stereocenters. The first kappa shape index (κ1) is 43.7. The van der Waals surface area contributed by atoms with Crippen molar-refractivity contribution in [3.05, 3.63) is 75.8 Å². The number of para-hydroxylation sites is 1. The number of ether oxygens (including phenoxy) is 1. The summed E-state index contributed by atoms with van der Waals surface area (Å²) in [5, 5.41) is 14.6. The van der Waals surface area contributed by atoms with Crippen LogP contribution in [0.3, 0.4) is 0 Å². The smallest absolute Gasteiger partial charge is 0.293 e. The molecule has 6 heterocycles. The molecular formula is C45H63N11O6. The van der Waals surface area contributed by atoms with Crippen LogP contribution in [0.4, 0.5) is 17.5 Å². The number of piperazine rings is 1. The van der Waals surface area contributed by atoms with Gasteiger partial charge >= 0.3 is 0 Å². The third-order valence-corrected chi connectivity index (χ3v) is 12.1. The second kappa shape index (κ2) is 19.1. The lowest BCUT2D eigenvalue weighted by molar-refractivity contribution is -0.134. The highest BCUT2D eigenvalue weighted by molar-refractivity contribution is 6.08. The van der Waals surface area contributed by atoms with Crippen molar-refractivity contribution in [2.75, 3.05) is 69.7 Å². The number of amides is 4. The lowest BCUT2D eigenvalue weighted by Crippen LogP contribution is -2.50. The number of aromatic nitrogens is 5. The van der Waals surface area contributed by atoms with Crippen LogP contribution in [0.2, 0.25) is 0 Å².